The van der Waals surface area contributed by atoms with E-state index in [-0.39, 0.29) is 29.0 Å². The molecule has 3 N–H and O–H groups in total. The van der Waals surface area contributed by atoms with Crippen LogP contribution in [0.1, 0.15) is 21.6 Å². The van der Waals surface area contributed by atoms with Gasteiger partial charge in [-0.15, -0.1) is 0 Å². The first-order valence-electron chi connectivity index (χ1n) is 9.24. The summed E-state index contributed by atoms with van der Waals surface area (Å²) in [5.74, 6) is -0.403. The molecule has 0 fully saturated rings. The van der Waals surface area contributed by atoms with E-state index in [0.29, 0.717) is 30.1 Å². The number of primary amides is 1. The van der Waals surface area contributed by atoms with Gasteiger partial charge >= 0.3 is 0 Å². The molecule has 0 spiro atoms. The minimum atomic E-state index is -0.642. The third kappa shape index (κ3) is 3.78. The second-order valence-corrected chi connectivity index (χ2v) is 7.84. The van der Waals surface area contributed by atoms with Crippen molar-refractivity contribution in [1.82, 2.24) is 9.88 Å². The Morgan fingerprint density at radius 1 is 1.23 bits per heavy atom. The van der Waals surface area contributed by atoms with Gasteiger partial charge in [0.2, 0.25) is 0 Å². The first kappa shape index (κ1) is 20.4. The summed E-state index contributed by atoms with van der Waals surface area (Å²) in [4.78, 5) is 29.4. The molecule has 0 bridgehead atoms. The third-order valence-corrected chi connectivity index (χ3v) is 5.58. The lowest BCUT2D eigenvalue weighted by atomic mass is 10.0. The maximum Gasteiger partial charge on any atom is 0.255 e. The Hall–Kier alpha value is -2.90. The average Bonchev–Trinajstić information content (AvgIpc) is 3.08. The number of H-pyrrole nitrogens is 1. The van der Waals surface area contributed by atoms with E-state index in [4.69, 9.17) is 38.4 Å². The van der Waals surface area contributed by atoms with Crippen LogP contribution in [0.25, 0.3) is 10.9 Å². The fraction of sp³-hybridized carbons (Fsp3) is 0.238. The Labute approximate surface area is 182 Å². The third-order valence-electron chi connectivity index (χ3n) is 5.06. The molecule has 0 unspecified atom stereocenters. The van der Waals surface area contributed by atoms with Crippen molar-refractivity contribution >= 4 is 45.9 Å². The number of aromatic amines is 1. The van der Waals surface area contributed by atoms with Crippen LogP contribution < -0.4 is 15.2 Å². The minimum absolute atomic E-state index is 0.163. The first-order valence-corrected chi connectivity index (χ1v) is 10.00. The average molecular weight is 448 g/mol. The second-order valence-electron chi connectivity index (χ2n) is 6.99. The van der Waals surface area contributed by atoms with Gasteiger partial charge in [-0.3, -0.25) is 9.59 Å². The molecule has 1 aliphatic rings. The monoisotopic (exact) mass is 447 g/mol. The first-order chi connectivity index (χ1) is 14.4. The minimum Gasteiger partial charge on any atom is -0.493 e. The molecule has 2 aromatic carbocycles. The van der Waals surface area contributed by atoms with Crippen LogP contribution in [0, 0.1) is 0 Å². The number of hydrogen-bond acceptors (Lipinski definition) is 4. The molecule has 0 saturated heterocycles. The van der Waals surface area contributed by atoms with E-state index in [9.17, 15) is 9.59 Å². The van der Waals surface area contributed by atoms with Gasteiger partial charge < -0.3 is 25.1 Å². The van der Waals surface area contributed by atoms with Gasteiger partial charge in [0.1, 0.15) is 0 Å². The Kier molecular flexibility index (Phi) is 5.49. The highest BCUT2D eigenvalue weighted by Crippen LogP contribution is 2.37. The van der Waals surface area contributed by atoms with Crippen molar-refractivity contribution in [3.63, 3.8) is 0 Å². The highest BCUT2D eigenvalue weighted by Gasteiger charge is 2.26. The molecular formula is C21H19Cl2N3O4. The molecule has 0 saturated carbocycles. The van der Waals surface area contributed by atoms with Crippen molar-refractivity contribution in [2.45, 2.75) is 13.0 Å². The normalized spacial score (nSPS) is 13.2. The van der Waals surface area contributed by atoms with E-state index in [1.165, 1.54) is 13.2 Å². The summed E-state index contributed by atoms with van der Waals surface area (Å²) in [7, 11) is 1.43. The lowest BCUT2D eigenvalue weighted by Crippen LogP contribution is -2.35. The lowest BCUT2D eigenvalue weighted by Gasteiger charge is -2.27. The molecule has 1 aliphatic heterocycles. The molecule has 4 rings (SSSR count). The number of ether oxygens (including phenoxy) is 2. The molecule has 2 heterocycles. The van der Waals surface area contributed by atoms with Gasteiger partial charge in [-0.2, -0.15) is 0 Å². The zero-order valence-electron chi connectivity index (χ0n) is 16.1. The number of nitrogens with zero attached hydrogens (tertiary/aromatic N) is 1. The Morgan fingerprint density at radius 2 is 2.03 bits per heavy atom. The van der Waals surface area contributed by atoms with Crippen LogP contribution in [0.2, 0.25) is 10.0 Å². The number of amides is 2. The van der Waals surface area contributed by atoms with Crippen molar-refractivity contribution in [3.8, 4) is 11.5 Å². The Morgan fingerprint density at radius 3 is 2.77 bits per heavy atom. The summed E-state index contributed by atoms with van der Waals surface area (Å²) in [6.45, 7) is 0.669. The number of aromatic nitrogens is 1. The van der Waals surface area contributed by atoms with E-state index in [1.54, 1.807) is 11.0 Å². The summed E-state index contributed by atoms with van der Waals surface area (Å²) >= 11 is 12.5. The zero-order valence-corrected chi connectivity index (χ0v) is 17.6. The number of halogens is 2. The lowest BCUT2D eigenvalue weighted by molar-refractivity contribution is -0.119. The van der Waals surface area contributed by atoms with Crippen LogP contribution in [0.5, 0.6) is 11.5 Å². The van der Waals surface area contributed by atoms with Crippen LogP contribution >= 0.6 is 23.2 Å². The summed E-state index contributed by atoms with van der Waals surface area (Å²) < 4.78 is 10.6. The van der Waals surface area contributed by atoms with Crippen LogP contribution in [0.15, 0.2) is 30.3 Å². The van der Waals surface area contributed by atoms with Crippen molar-refractivity contribution in [2.75, 3.05) is 20.3 Å². The smallest absolute Gasteiger partial charge is 0.255 e. The standard InChI is InChI=1S/C21H19Cl2N3O4/c1-29-18-7-11(6-15(23)20(18)30-10-19(24)27)21(28)26-5-4-17-14(9-26)13-8-12(22)2-3-16(13)25-17/h2-3,6-8,25H,4-5,9-10H2,1H3,(H2,24,27). The fourth-order valence-electron chi connectivity index (χ4n) is 3.67. The number of nitrogens with one attached hydrogen (secondary N) is 1. The van der Waals surface area contributed by atoms with Gasteiger partial charge in [0.05, 0.1) is 12.1 Å². The number of carbonyl (C=O) groups excluding carboxylic acids is 2. The highest BCUT2D eigenvalue weighted by molar-refractivity contribution is 6.32. The van der Waals surface area contributed by atoms with Crippen LogP contribution in [-0.4, -0.2) is 42.0 Å². The number of nitrogens with two attached hydrogens (primary N) is 1. The quantitative estimate of drug-likeness (QED) is 0.624. The molecule has 0 atom stereocenters. The molecule has 1 aromatic heterocycles. The summed E-state index contributed by atoms with van der Waals surface area (Å²) in [5, 5.41) is 1.83. The van der Waals surface area contributed by atoms with Crippen molar-refractivity contribution in [1.29, 1.82) is 0 Å². The molecule has 156 valence electrons. The summed E-state index contributed by atoms with van der Waals surface area (Å²) in [6.07, 6.45) is 0.706. The van der Waals surface area contributed by atoms with Gasteiger partial charge in [0.25, 0.3) is 11.8 Å². The summed E-state index contributed by atoms with van der Waals surface area (Å²) in [5.41, 5.74) is 8.66. The van der Waals surface area contributed by atoms with Gasteiger partial charge in [0.15, 0.2) is 18.1 Å². The molecule has 2 amide bonds. The SMILES string of the molecule is COc1cc(C(=O)N2CCc3[nH]c4ccc(Cl)cc4c3C2)cc(Cl)c1OCC(N)=O. The van der Waals surface area contributed by atoms with E-state index in [1.807, 2.05) is 18.2 Å². The maximum absolute atomic E-state index is 13.2. The summed E-state index contributed by atoms with van der Waals surface area (Å²) in [6, 6.07) is 8.74. The fourth-order valence-corrected chi connectivity index (χ4v) is 4.11. The van der Waals surface area contributed by atoms with Crippen molar-refractivity contribution in [2.24, 2.45) is 5.73 Å². The number of hydrogen-bond donors (Lipinski definition) is 2. The molecule has 0 radical (unpaired) electrons. The van der Waals surface area contributed by atoms with Crippen molar-refractivity contribution in [3.05, 3.63) is 57.2 Å². The Bertz CT molecular complexity index is 1160. The predicted octanol–water partition coefficient (Wildman–Crippen LogP) is 3.55. The predicted molar refractivity (Wildman–Crippen MR) is 114 cm³/mol. The van der Waals surface area contributed by atoms with E-state index >= 15 is 0 Å². The van der Waals surface area contributed by atoms with Crippen LogP contribution in [-0.2, 0) is 17.8 Å². The van der Waals surface area contributed by atoms with Gasteiger partial charge in [0, 0.05) is 52.3 Å². The van der Waals surface area contributed by atoms with Crippen LogP contribution in [0.3, 0.4) is 0 Å². The molecule has 9 heteroatoms. The van der Waals surface area contributed by atoms with Gasteiger partial charge in [-0.1, -0.05) is 23.2 Å². The largest absolute Gasteiger partial charge is 0.493 e. The highest BCUT2D eigenvalue weighted by atomic mass is 35.5. The topological polar surface area (TPSA) is 97.7 Å². The molecule has 30 heavy (non-hydrogen) atoms. The number of carbonyl (C=O) groups is 2. The van der Waals surface area contributed by atoms with E-state index < -0.39 is 5.91 Å². The Balaban J connectivity index is 1.62. The van der Waals surface area contributed by atoms with Gasteiger partial charge in [-0.05, 0) is 30.3 Å². The van der Waals surface area contributed by atoms with Gasteiger partial charge in [-0.25, -0.2) is 0 Å². The van der Waals surface area contributed by atoms with Crippen molar-refractivity contribution < 1.29 is 19.1 Å². The number of fused-ring (bicyclic) bond motifs is 3. The maximum atomic E-state index is 13.2. The second kappa shape index (κ2) is 8.08. The molecule has 7 nitrogen and oxygen atoms in total. The number of benzene rings is 2. The van der Waals surface area contributed by atoms with E-state index in [2.05, 4.69) is 4.98 Å². The zero-order chi connectivity index (χ0) is 21.4. The molecular weight excluding hydrogens is 429 g/mol. The van der Waals surface area contributed by atoms with Crippen LogP contribution in [0.4, 0.5) is 0 Å². The number of rotatable bonds is 5. The van der Waals surface area contributed by atoms with E-state index in [0.717, 1.165) is 22.2 Å². The number of methoxy groups -OCH3 is 1. The molecule has 3 aromatic rings. The molecule has 0 aliphatic carbocycles.